The summed E-state index contributed by atoms with van der Waals surface area (Å²) in [7, 11) is 0.569. The molecule has 146 valence electrons. The molecule has 0 radical (unpaired) electrons. The largest absolute Gasteiger partial charge is 0.394 e. The molecule has 1 N–H and O–H groups in total. The first-order chi connectivity index (χ1) is 12.9. The quantitative estimate of drug-likeness (QED) is 0.495. The van der Waals surface area contributed by atoms with Crippen molar-refractivity contribution in [3.8, 4) is 0 Å². The number of hydrogen-bond acceptors (Lipinski definition) is 7. The van der Waals surface area contributed by atoms with Crippen LogP contribution in [0.5, 0.6) is 0 Å². The summed E-state index contributed by atoms with van der Waals surface area (Å²) in [6.45, 7) is 0.457. The third-order valence-corrected chi connectivity index (χ3v) is 5.60. The zero-order chi connectivity index (χ0) is 19.7. The number of benzene rings is 2. The van der Waals surface area contributed by atoms with Gasteiger partial charge in [-0.3, -0.25) is 0 Å². The first-order valence-corrected chi connectivity index (χ1v) is 10.3. The molecule has 0 amide bonds. The lowest BCUT2D eigenvalue weighted by Crippen LogP contribution is -2.10. The molecule has 0 aliphatic heterocycles. The number of rotatable bonds is 10. The molecule has 0 spiro atoms. The number of azo groups is 1. The van der Waals surface area contributed by atoms with Gasteiger partial charge in [0.05, 0.1) is 35.2 Å². The Morgan fingerprint density at radius 1 is 0.926 bits per heavy atom. The van der Waals surface area contributed by atoms with E-state index in [0.29, 0.717) is 18.7 Å². The summed E-state index contributed by atoms with van der Waals surface area (Å²) in [6, 6.07) is 14.0. The fourth-order valence-electron chi connectivity index (χ4n) is 2.29. The number of aliphatic hydroxyl groups is 1. The van der Waals surface area contributed by atoms with Crippen LogP contribution in [0.3, 0.4) is 0 Å². The van der Waals surface area contributed by atoms with Crippen LogP contribution >= 0.6 is 0 Å². The minimum Gasteiger partial charge on any atom is -0.394 e. The molecular formula is C19H25N3O4S. The van der Waals surface area contributed by atoms with Gasteiger partial charge in [-0.25, -0.2) is 8.42 Å². The SMILES string of the molecule is CN(C)c1ccc(N=Nc2ccc(S(=O)(=O)CCCOCCO)cc2)cc1. The molecule has 2 aromatic carbocycles. The van der Waals surface area contributed by atoms with Crippen LogP contribution in [0.25, 0.3) is 0 Å². The Labute approximate surface area is 160 Å². The first-order valence-electron chi connectivity index (χ1n) is 8.63. The van der Waals surface area contributed by atoms with Crippen molar-refractivity contribution in [2.24, 2.45) is 10.2 Å². The second kappa shape index (κ2) is 10.1. The van der Waals surface area contributed by atoms with Gasteiger partial charge in [-0.15, -0.1) is 0 Å². The van der Waals surface area contributed by atoms with Crippen molar-refractivity contribution in [3.63, 3.8) is 0 Å². The van der Waals surface area contributed by atoms with Gasteiger partial charge < -0.3 is 14.7 Å². The second-order valence-corrected chi connectivity index (χ2v) is 8.22. The Bertz CT molecular complexity index is 832. The molecule has 2 aromatic rings. The Morgan fingerprint density at radius 2 is 1.48 bits per heavy atom. The molecule has 0 aromatic heterocycles. The fraction of sp³-hybridized carbons (Fsp3) is 0.368. The molecule has 0 bridgehead atoms. The molecule has 7 nitrogen and oxygen atoms in total. The van der Waals surface area contributed by atoms with Gasteiger partial charge in [-0.2, -0.15) is 10.2 Å². The molecular weight excluding hydrogens is 366 g/mol. The summed E-state index contributed by atoms with van der Waals surface area (Å²) in [5, 5.41) is 16.9. The summed E-state index contributed by atoms with van der Waals surface area (Å²) in [5.74, 6) is -0.00246. The highest BCUT2D eigenvalue weighted by atomic mass is 32.2. The van der Waals surface area contributed by atoms with E-state index < -0.39 is 9.84 Å². The van der Waals surface area contributed by atoms with Crippen molar-refractivity contribution in [3.05, 3.63) is 48.5 Å². The van der Waals surface area contributed by atoms with Gasteiger partial charge in [-0.05, 0) is 55.0 Å². The lowest BCUT2D eigenvalue weighted by Gasteiger charge is -2.11. The average molecular weight is 391 g/mol. The topological polar surface area (TPSA) is 91.6 Å². The third-order valence-electron chi connectivity index (χ3n) is 3.78. The number of ether oxygens (including phenoxy) is 1. The van der Waals surface area contributed by atoms with Gasteiger partial charge in [0, 0.05) is 26.4 Å². The van der Waals surface area contributed by atoms with Crippen LogP contribution in [0, 0.1) is 0 Å². The predicted molar refractivity (Wildman–Crippen MR) is 106 cm³/mol. The molecule has 0 heterocycles. The molecule has 0 aliphatic carbocycles. The van der Waals surface area contributed by atoms with Crippen molar-refractivity contribution < 1.29 is 18.3 Å². The molecule has 2 rings (SSSR count). The molecule has 8 heteroatoms. The molecule has 0 fully saturated rings. The fourth-order valence-corrected chi connectivity index (χ4v) is 3.57. The van der Waals surface area contributed by atoms with E-state index >= 15 is 0 Å². The number of hydrogen-bond donors (Lipinski definition) is 1. The van der Waals surface area contributed by atoms with Crippen LogP contribution in [0.4, 0.5) is 17.1 Å². The Balaban J connectivity index is 1.95. The second-order valence-electron chi connectivity index (χ2n) is 6.11. The standard InChI is InChI=1S/C19H25N3O4S/c1-22(2)18-8-4-16(5-9-18)20-21-17-6-10-19(11-7-17)27(24,25)15-3-13-26-14-12-23/h4-11,23H,3,12-15H2,1-2H3. The summed E-state index contributed by atoms with van der Waals surface area (Å²) in [6.07, 6.45) is 0.382. The molecule has 27 heavy (non-hydrogen) atoms. The van der Waals surface area contributed by atoms with Crippen LogP contribution in [0.15, 0.2) is 63.7 Å². The van der Waals surface area contributed by atoms with E-state index in [9.17, 15) is 8.42 Å². The van der Waals surface area contributed by atoms with Crippen LogP contribution in [0.1, 0.15) is 6.42 Å². The average Bonchev–Trinajstić information content (AvgIpc) is 2.67. The van der Waals surface area contributed by atoms with Crippen molar-refractivity contribution >= 4 is 26.9 Å². The number of nitrogens with zero attached hydrogens (tertiary/aromatic N) is 3. The number of sulfone groups is 1. The lowest BCUT2D eigenvalue weighted by molar-refractivity contribution is 0.0931. The summed E-state index contributed by atoms with van der Waals surface area (Å²) in [5.41, 5.74) is 2.38. The highest BCUT2D eigenvalue weighted by Crippen LogP contribution is 2.22. The van der Waals surface area contributed by atoms with Crippen molar-refractivity contribution in [2.75, 3.05) is 44.6 Å². The van der Waals surface area contributed by atoms with E-state index in [1.165, 1.54) is 12.1 Å². The van der Waals surface area contributed by atoms with Crippen molar-refractivity contribution in [2.45, 2.75) is 11.3 Å². The van der Waals surface area contributed by atoms with Gasteiger partial charge in [0.1, 0.15) is 0 Å². The maximum absolute atomic E-state index is 12.3. The highest BCUT2D eigenvalue weighted by molar-refractivity contribution is 7.91. The van der Waals surface area contributed by atoms with Gasteiger partial charge >= 0.3 is 0 Å². The predicted octanol–water partition coefficient (Wildman–Crippen LogP) is 3.34. The van der Waals surface area contributed by atoms with Crippen molar-refractivity contribution in [1.82, 2.24) is 0 Å². The van der Waals surface area contributed by atoms with E-state index in [0.717, 1.165) is 11.4 Å². The van der Waals surface area contributed by atoms with Crippen molar-refractivity contribution in [1.29, 1.82) is 0 Å². The summed E-state index contributed by atoms with van der Waals surface area (Å²) in [4.78, 5) is 2.25. The molecule has 0 atom stereocenters. The monoisotopic (exact) mass is 391 g/mol. The zero-order valence-corrected chi connectivity index (χ0v) is 16.4. The van der Waals surface area contributed by atoms with Crippen LogP contribution < -0.4 is 4.90 Å². The summed E-state index contributed by atoms with van der Waals surface area (Å²) < 4.78 is 29.6. The molecule has 0 saturated carbocycles. The number of anilines is 1. The Kier molecular flexibility index (Phi) is 7.90. The van der Waals surface area contributed by atoms with Crippen LogP contribution in [0.2, 0.25) is 0 Å². The third kappa shape index (κ3) is 6.74. The maximum Gasteiger partial charge on any atom is 0.178 e. The van der Waals surface area contributed by atoms with E-state index in [-0.39, 0.29) is 23.9 Å². The van der Waals surface area contributed by atoms with Gasteiger partial charge in [0.2, 0.25) is 0 Å². The van der Waals surface area contributed by atoms with Crippen LogP contribution in [-0.4, -0.2) is 53.2 Å². The summed E-state index contributed by atoms with van der Waals surface area (Å²) >= 11 is 0. The zero-order valence-electron chi connectivity index (χ0n) is 15.6. The molecule has 0 saturated heterocycles. The molecule has 0 unspecified atom stereocenters. The lowest BCUT2D eigenvalue weighted by atomic mass is 10.3. The minimum atomic E-state index is -3.36. The highest BCUT2D eigenvalue weighted by Gasteiger charge is 2.13. The smallest absolute Gasteiger partial charge is 0.178 e. The first kappa shape index (κ1) is 21.0. The Morgan fingerprint density at radius 3 is 2.00 bits per heavy atom. The Hall–Kier alpha value is -2.29. The normalized spacial score (nSPS) is 11.8. The van der Waals surface area contributed by atoms with Gasteiger partial charge in [-0.1, -0.05) is 0 Å². The van der Waals surface area contributed by atoms with Gasteiger partial charge in [0.25, 0.3) is 0 Å². The molecule has 0 aliphatic rings. The minimum absolute atomic E-state index is 0.00246. The van der Waals surface area contributed by atoms with E-state index in [1.807, 2.05) is 43.3 Å². The van der Waals surface area contributed by atoms with E-state index in [2.05, 4.69) is 10.2 Å². The van der Waals surface area contributed by atoms with Crippen LogP contribution in [-0.2, 0) is 14.6 Å². The van der Waals surface area contributed by atoms with E-state index in [1.54, 1.807) is 12.1 Å². The van der Waals surface area contributed by atoms with Gasteiger partial charge in [0.15, 0.2) is 9.84 Å². The number of aliphatic hydroxyl groups excluding tert-OH is 1. The maximum atomic E-state index is 12.3. The van der Waals surface area contributed by atoms with E-state index in [4.69, 9.17) is 9.84 Å².